The SMILES string of the molecule is CCCCCCCCC=CCCCCCCCC(=O)OCCCN(CCCOC(=O)CCCCCCCC=CCCCCCCCC)CCN(CCCO)CCCO. The summed E-state index contributed by atoms with van der Waals surface area (Å²) in [4.78, 5) is 29.4. The summed E-state index contributed by atoms with van der Waals surface area (Å²) in [6.45, 7) is 10.6. The molecule has 0 radical (unpaired) electrons. The van der Waals surface area contributed by atoms with E-state index in [-0.39, 0.29) is 25.2 Å². The number of aliphatic hydroxyl groups excluding tert-OH is 2. The summed E-state index contributed by atoms with van der Waals surface area (Å²) >= 11 is 0. The summed E-state index contributed by atoms with van der Waals surface area (Å²) in [5, 5.41) is 18.7. The van der Waals surface area contributed by atoms with Crippen LogP contribution in [-0.2, 0) is 19.1 Å². The molecule has 342 valence electrons. The minimum Gasteiger partial charge on any atom is -0.466 e. The molecule has 0 spiro atoms. The lowest BCUT2D eigenvalue weighted by molar-refractivity contribution is -0.144. The smallest absolute Gasteiger partial charge is 0.305 e. The van der Waals surface area contributed by atoms with E-state index in [0.717, 1.165) is 77.8 Å². The minimum atomic E-state index is -0.0958. The second-order valence-corrected chi connectivity index (χ2v) is 16.7. The van der Waals surface area contributed by atoms with Gasteiger partial charge in [-0.05, 0) is 89.9 Å². The number of hydrogen-bond donors (Lipinski definition) is 2. The third-order valence-electron chi connectivity index (χ3n) is 11.0. The van der Waals surface area contributed by atoms with E-state index in [1.807, 2.05) is 0 Å². The van der Waals surface area contributed by atoms with Crippen molar-refractivity contribution in [3.05, 3.63) is 24.3 Å². The Morgan fingerprint density at radius 2 is 0.672 bits per heavy atom. The fourth-order valence-corrected chi connectivity index (χ4v) is 7.32. The van der Waals surface area contributed by atoms with Crippen LogP contribution in [0.3, 0.4) is 0 Å². The average Bonchev–Trinajstić information content (AvgIpc) is 3.23. The van der Waals surface area contributed by atoms with Crippen LogP contribution in [0.2, 0.25) is 0 Å². The molecule has 8 nitrogen and oxygen atoms in total. The molecule has 0 heterocycles. The van der Waals surface area contributed by atoms with E-state index < -0.39 is 0 Å². The van der Waals surface area contributed by atoms with Crippen molar-refractivity contribution in [2.24, 2.45) is 0 Å². The number of aliphatic hydroxyl groups is 2. The molecule has 0 aliphatic rings. The van der Waals surface area contributed by atoms with Crippen molar-refractivity contribution in [3.63, 3.8) is 0 Å². The van der Waals surface area contributed by atoms with Crippen LogP contribution in [0.15, 0.2) is 24.3 Å². The Labute approximate surface area is 359 Å². The average molecular weight is 821 g/mol. The van der Waals surface area contributed by atoms with Crippen LogP contribution >= 0.6 is 0 Å². The van der Waals surface area contributed by atoms with Gasteiger partial charge in [-0.2, -0.15) is 0 Å². The van der Waals surface area contributed by atoms with Crippen LogP contribution in [0.25, 0.3) is 0 Å². The number of esters is 2. The first-order valence-corrected chi connectivity index (χ1v) is 24.8. The van der Waals surface area contributed by atoms with Gasteiger partial charge in [0.25, 0.3) is 0 Å². The lowest BCUT2D eigenvalue weighted by atomic mass is 10.1. The second kappa shape index (κ2) is 47.9. The Hall–Kier alpha value is -1.74. The molecule has 0 aromatic heterocycles. The van der Waals surface area contributed by atoms with E-state index in [1.54, 1.807) is 0 Å². The summed E-state index contributed by atoms with van der Waals surface area (Å²) in [5.41, 5.74) is 0. The highest BCUT2D eigenvalue weighted by atomic mass is 16.5. The van der Waals surface area contributed by atoms with Gasteiger partial charge in [0, 0.05) is 65.3 Å². The van der Waals surface area contributed by atoms with Gasteiger partial charge in [0.2, 0.25) is 0 Å². The molecule has 0 aromatic carbocycles. The molecule has 0 rings (SSSR count). The number of hydrogen-bond acceptors (Lipinski definition) is 8. The Kier molecular flexibility index (Phi) is 46.5. The number of rotatable bonds is 47. The molecule has 0 aromatic rings. The first-order valence-electron chi connectivity index (χ1n) is 24.8. The fraction of sp³-hybridized carbons (Fsp3) is 0.880. The van der Waals surface area contributed by atoms with E-state index in [9.17, 15) is 19.8 Å². The molecular weight excluding hydrogens is 725 g/mol. The largest absolute Gasteiger partial charge is 0.466 e. The minimum absolute atomic E-state index is 0.0958. The van der Waals surface area contributed by atoms with Gasteiger partial charge in [-0.1, -0.05) is 141 Å². The zero-order valence-corrected chi connectivity index (χ0v) is 38.4. The van der Waals surface area contributed by atoms with Gasteiger partial charge in [0.1, 0.15) is 0 Å². The van der Waals surface area contributed by atoms with E-state index in [2.05, 4.69) is 48.0 Å². The van der Waals surface area contributed by atoms with Gasteiger partial charge >= 0.3 is 11.9 Å². The summed E-state index contributed by atoms with van der Waals surface area (Å²) in [6.07, 6.45) is 45.6. The lowest BCUT2D eigenvalue weighted by Gasteiger charge is -2.27. The molecule has 0 amide bonds. The zero-order chi connectivity index (χ0) is 42.3. The van der Waals surface area contributed by atoms with E-state index in [4.69, 9.17) is 9.47 Å². The quantitative estimate of drug-likeness (QED) is 0.0356. The molecule has 0 saturated heterocycles. The number of unbranched alkanes of at least 4 members (excludes halogenated alkanes) is 22. The maximum atomic E-state index is 12.4. The maximum absolute atomic E-state index is 12.4. The van der Waals surface area contributed by atoms with E-state index in [0.29, 0.717) is 38.9 Å². The molecule has 0 bridgehead atoms. The Morgan fingerprint density at radius 1 is 0.379 bits per heavy atom. The van der Waals surface area contributed by atoms with Crippen LogP contribution in [-0.4, -0.2) is 97.6 Å². The normalized spacial score (nSPS) is 11.9. The standard InChI is InChI=1S/C50H96N2O6/c1-3-5-7-9-11-13-15-17-19-21-23-25-27-29-31-37-49(55)57-47-35-41-52(44-43-51(39-33-45-53)40-34-46-54)42-36-48-58-50(56)38-32-30-28-26-24-22-20-18-16-14-12-10-8-6-4-2/h17-20,53-54H,3-16,21-48H2,1-2H3. The number of carbonyl (C=O) groups excluding carboxylic acids is 2. The predicted octanol–water partition coefficient (Wildman–Crippen LogP) is 12.3. The molecule has 0 saturated carbocycles. The summed E-state index contributed by atoms with van der Waals surface area (Å²) < 4.78 is 11.2. The van der Waals surface area contributed by atoms with Crippen LogP contribution in [0.5, 0.6) is 0 Å². The van der Waals surface area contributed by atoms with Crippen LogP contribution in [0.4, 0.5) is 0 Å². The van der Waals surface area contributed by atoms with Crippen molar-refractivity contribution in [2.45, 2.75) is 219 Å². The first-order chi connectivity index (χ1) is 28.6. The highest BCUT2D eigenvalue weighted by Gasteiger charge is 2.11. The van der Waals surface area contributed by atoms with Crippen molar-refractivity contribution in [2.75, 3.05) is 65.7 Å². The number of carbonyl (C=O) groups is 2. The van der Waals surface area contributed by atoms with Gasteiger partial charge in [-0.3, -0.25) is 9.59 Å². The van der Waals surface area contributed by atoms with Crippen molar-refractivity contribution in [3.8, 4) is 0 Å². The molecule has 0 fully saturated rings. The van der Waals surface area contributed by atoms with Gasteiger partial charge in [-0.15, -0.1) is 0 Å². The Morgan fingerprint density at radius 3 is 1.00 bits per heavy atom. The molecule has 58 heavy (non-hydrogen) atoms. The number of nitrogens with zero attached hydrogens (tertiary/aromatic N) is 2. The molecule has 0 unspecified atom stereocenters. The van der Waals surface area contributed by atoms with E-state index in [1.165, 1.54) is 141 Å². The van der Waals surface area contributed by atoms with Gasteiger partial charge in [0.15, 0.2) is 0 Å². The maximum Gasteiger partial charge on any atom is 0.305 e. The zero-order valence-electron chi connectivity index (χ0n) is 38.4. The molecule has 0 aliphatic carbocycles. The highest BCUT2D eigenvalue weighted by molar-refractivity contribution is 5.69. The summed E-state index contributed by atoms with van der Waals surface area (Å²) in [6, 6.07) is 0. The fourth-order valence-electron chi connectivity index (χ4n) is 7.32. The van der Waals surface area contributed by atoms with Crippen molar-refractivity contribution in [1.82, 2.24) is 9.80 Å². The van der Waals surface area contributed by atoms with Crippen molar-refractivity contribution >= 4 is 11.9 Å². The summed E-state index contributed by atoms with van der Waals surface area (Å²) in [5.74, 6) is -0.192. The number of allylic oxidation sites excluding steroid dienone is 4. The Bertz CT molecular complexity index is 845. The molecule has 0 aliphatic heterocycles. The third-order valence-corrected chi connectivity index (χ3v) is 11.0. The molecular formula is C50H96N2O6. The van der Waals surface area contributed by atoms with Crippen LogP contribution in [0.1, 0.15) is 219 Å². The number of ether oxygens (including phenoxy) is 2. The van der Waals surface area contributed by atoms with E-state index >= 15 is 0 Å². The lowest BCUT2D eigenvalue weighted by Crippen LogP contribution is -2.38. The summed E-state index contributed by atoms with van der Waals surface area (Å²) in [7, 11) is 0. The van der Waals surface area contributed by atoms with Crippen molar-refractivity contribution in [1.29, 1.82) is 0 Å². The predicted molar refractivity (Wildman–Crippen MR) is 246 cm³/mol. The Balaban J connectivity index is 4.20. The third kappa shape index (κ3) is 43.8. The van der Waals surface area contributed by atoms with Crippen LogP contribution in [0, 0.1) is 0 Å². The second-order valence-electron chi connectivity index (χ2n) is 16.7. The van der Waals surface area contributed by atoms with Gasteiger partial charge in [-0.25, -0.2) is 0 Å². The topological polar surface area (TPSA) is 99.5 Å². The van der Waals surface area contributed by atoms with Crippen LogP contribution < -0.4 is 0 Å². The monoisotopic (exact) mass is 821 g/mol. The van der Waals surface area contributed by atoms with Crippen molar-refractivity contribution < 1.29 is 29.3 Å². The van der Waals surface area contributed by atoms with Gasteiger partial charge < -0.3 is 29.5 Å². The molecule has 2 N–H and O–H groups in total. The molecule has 8 heteroatoms. The molecule has 0 atom stereocenters. The first kappa shape index (κ1) is 56.3. The highest BCUT2D eigenvalue weighted by Crippen LogP contribution is 2.12. The van der Waals surface area contributed by atoms with Gasteiger partial charge in [0.05, 0.1) is 13.2 Å².